The first kappa shape index (κ1) is 16.0. The van der Waals surface area contributed by atoms with Gasteiger partial charge in [0.05, 0.1) is 16.2 Å². The molecule has 1 heterocycles. The van der Waals surface area contributed by atoms with Crippen LogP contribution < -0.4 is 11.3 Å². The molecule has 5 nitrogen and oxygen atoms in total. The maximum atomic E-state index is 12.6. The Hall–Kier alpha value is -1.34. The molecule has 2 N–H and O–H groups in total. The first-order valence-electron chi connectivity index (χ1n) is 6.60. The van der Waals surface area contributed by atoms with Crippen molar-refractivity contribution in [1.82, 2.24) is 9.55 Å². The van der Waals surface area contributed by atoms with Gasteiger partial charge in [-0.1, -0.05) is 34.6 Å². The highest BCUT2D eigenvalue weighted by atomic mass is 79.9. The van der Waals surface area contributed by atoms with Crippen molar-refractivity contribution in [2.24, 2.45) is 5.73 Å². The van der Waals surface area contributed by atoms with E-state index in [2.05, 4.69) is 20.9 Å². The molecule has 1 aromatic heterocycles. The van der Waals surface area contributed by atoms with Gasteiger partial charge in [-0.2, -0.15) is 0 Å². The van der Waals surface area contributed by atoms with Crippen molar-refractivity contribution in [3.63, 3.8) is 0 Å². The molecule has 0 spiro atoms. The Labute approximate surface area is 135 Å². The molecule has 0 bridgehead atoms. The molecule has 1 amide bonds. The smallest absolute Gasteiger partial charge is 0.262 e. The number of amides is 1. The number of primary amides is 1. The number of thioether (sulfide) groups is 1. The molecule has 0 fully saturated rings. The summed E-state index contributed by atoms with van der Waals surface area (Å²) in [5, 5.41) is 0.657. The standard InChI is InChI=1S/C14H16BrN3O2S/c1-3-6-18-13(20)10-7-9(15)4-5-11(10)17-14(18)21-8(2)12(16)19/h4-5,7-8H,3,6H2,1-2H3,(H2,16,19)/t8-/m1/s1. The maximum Gasteiger partial charge on any atom is 0.262 e. The number of hydrogen-bond donors (Lipinski definition) is 1. The highest BCUT2D eigenvalue weighted by molar-refractivity contribution is 9.10. The maximum absolute atomic E-state index is 12.6. The predicted octanol–water partition coefficient (Wildman–Crippen LogP) is 2.53. The van der Waals surface area contributed by atoms with Crippen LogP contribution in [0.4, 0.5) is 0 Å². The van der Waals surface area contributed by atoms with E-state index in [9.17, 15) is 9.59 Å². The van der Waals surface area contributed by atoms with Gasteiger partial charge in [-0.3, -0.25) is 14.2 Å². The van der Waals surface area contributed by atoms with Gasteiger partial charge in [0.1, 0.15) is 0 Å². The Balaban J connectivity index is 2.63. The summed E-state index contributed by atoms with van der Waals surface area (Å²) < 4.78 is 2.45. The molecule has 0 aliphatic carbocycles. The van der Waals surface area contributed by atoms with Gasteiger partial charge in [0.25, 0.3) is 5.56 Å². The molecule has 0 aliphatic rings. The Kier molecular flexibility index (Phi) is 5.05. The van der Waals surface area contributed by atoms with Crippen LogP contribution in [0.15, 0.2) is 32.6 Å². The quantitative estimate of drug-likeness (QED) is 0.648. The van der Waals surface area contributed by atoms with Crippen LogP contribution in [0.25, 0.3) is 10.9 Å². The van der Waals surface area contributed by atoms with Crippen LogP contribution in [0, 0.1) is 0 Å². The zero-order chi connectivity index (χ0) is 15.6. The van der Waals surface area contributed by atoms with Gasteiger partial charge in [-0.15, -0.1) is 0 Å². The fourth-order valence-corrected chi connectivity index (χ4v) is 3.15. The number of fused-ring (bicyclic) bond motifs is 1. The van der Waals surface area contributed by atoms with E-state index in [-0.39, 0.29) is 5.56 Å². The lowest BCUT2D eigenvalue weighted by Crippen LogP contribution is -2.27. The zero-order valence-corrected chi connectivity index (χ0v) is 14.2. The fourth-order valence-electron chi connectivity index (χ4n) is 1.90. The van der Waals surface area contributed by atoms with Crippen LogP contribution >= 0.6 is 27.7 Å². The minimum Gasteiger partial charge on any atom is -0.369 e. The molecule has 2 aromatic rings. The Bertz CT molecular complexity index is 745. The van der Waals surface area contributed by atoms with Gasteiger partial charge in [0, 0.05) is 11.0 Å². The molecule has 1 atom stereocenters. The van der Waals surface area contributed by atoms with E-state index in [0.717, 1.165) is 10.9 Å². The van der Waals surface area contributed by atoms with Gasteiger partial charge < -0.3 is 5.73 Å². The third-order valence-corrected chi connectivity index (χ3v) is 4.61. The molecule has 0 saturated carbocycles. The SMILES string of the molecule is CCCn1c(S[C@H](C)C(N)=O)nc2ccc(Br)cc2c1=O. The number of carbonyl (C=O) groups is 1. The second kappa shape index (κ2) is 6.62. The van der Waals surface area contributed by atoms with Crippen LogP contribution in [-0.2, 0) is 11.3 Å². The van der Waals surface area contributed by atoms with Gasteiger partial charge in [-0.25, -0.2) is 4.98 Å². The van der Waals surface area contributed by atoms with Gasteiger partial charge in [0.2, 0.25) is 5.91 Å². The number of nitrogens with two attached hydrogens (primary N) is 1. The van der Waals surface area contributed by atoms with Crippen molar-refractivity contribution in [2.45, 2.75) is 37.2 Å². The van der Waals surface area contributed by atoms with E-state index in [1.807, 2.05) is 13.0 Å². The average Bonchev–Trinajstić information content (AvgIpc) is 2.43. The van der Waals surface area contributed by atoms with E-state index in [4.69, 9.17) is 5.73 Å². The third-order valence-electron chi connectivity index (χ3n) is 3.01. The van der Waals surface area contributed by atoms with Crippen molar-refractivity contribution in [2.75, 3.05) is 0 Å². The molecule has 0 radical (unpaired) electrons. The summed E-state index contributed by atoms with van der Waals surface area (Å²) in [6, 6.07) is 5.39. The zero-order valence-electron chi connectivity index (χ0n) is 11.8. The number of nitrogens with zero attached hydrogens (tertiary/aromatic N) is 2. The van der Waals surface area contributed by atoms with E-state index < -0.39 is 11.2 Å². The number of rotatable bonds is 5. The summed E-state index contributed by atoms with van der Waals surface area (Å²) in [5.41, 5.74) is 5.82. The second-order valence-corrected chi connectivity index (χ2v) is 6.90. The van der Waals surface area contributed by atoms with Crippen LogP contribution in [-0.4, -0.2) is 20.7 Å². The Morgan fingerprint density at radius 3 is 2.86 bits per heavy atom. The average molecular weight is 370 g/mol. The molecule has 0 aliphatic heterocycles. The highest BCUT2D eigenvalue weighted by Gasteiger charge is 2.17. The largest absolute Gasteiger partial charge is 0.369 e. The van der Waals surface area contributed by atoms with Crippen LogP contribution in [0.1, 0.15) is 20.3 Å². The summed E-state index contributed by atoms with van der Waals surface area (Å²) in [6.45, 7) is 4.26. The first-order chi connectivity index (χ1) is 9.93. The Morgan fingerprint density at radius 1 is 1.52 bits per heavy atom. The molecule has 7 heteroatoms. The van der Waals surface area contributed by atoms with E-state index >= 15 is 0 Å². The monoisotopic (exact) mass is 369 g/mol. The molecule has 0 saturated heterocycles. The van der Waals surface area contributed by atoms with Gasteiger partial charge in [0.15, 0.2) is 5.16 Å². The lowest BCUT2D eigenvalue weighted by molar-refractivity contribution is -0.117. The summed E-state index contributed by atoms with van der Waals surface area (Å²) in [4.78, 5) is 28.4. The van der Waals surface area contributed by atoms with Crippen molar-refractivity contribution < 1.29 is 4.79 Å². The lowest BCUT2D eigenvalue weighted by atomic mass is 10.2. The summed E-state index contributed by atoms with van der Waals surface area (Å²) in [5.74, 6) is -0.423. The number of hydrogen-bond acceptors (Lipinski definition) is 4. The van der Waals surface area contributed by atoms with Crippen molar-refractivity contribution >= 4 is 44.5 Å². The first-order valence-corrected chi connectivity index (χ1v) is 8.27. The van der Waals surface area contributed by atoms with Crippen molar-refractivity contribution in [3.05, 3.63) is 33.0 Å². The molecular formula is C14H16BrN3O2S. The molecule has 0 unspecified atom stereocenters. The molecule has 21 heavy (non-hydrogen) atoms. The second-order valence-electron chi connectivity index (χ2n) is 4.68. The fraction of sp³-hybridized carbons (Fsp3) is 0.357. The number of carbonyl (C=O) groups excluding carboxylic acids is 1. The lowest BCUT2D eigenvalue weighted by Gasteiger charge is -2.14. The van der Waals surface area contributed by atoms with Crippen molar-refractivity contribution in [1.29, 1.82) is 0 Å². The summed E-state index contributed by atoms with van der Waals surface area (Å²) in [7, 11) is 0. The van der Waals surface area contributed by atoms with Crippen LogP contribution in [0.2, 0.25) is 0 Å². The topological polar surface area (TPSA) is 78.0 Å². The minimum atomic E-state index is -0.437. The molecular weight excluding hydrogens is 354 g/mol. The minimum absolute atomic E-state index is 0.0951. The third kappa shape index (κ3) is 3.47. The number of halogens is 1. The molecule has 1 aromatic carbocycles. The van der Waals surface area contributed by atoms with E-state index in [1.54, 1.807) is 23.6 Å². The summed E-state index contributed by atoms with van der Waals surface area (Å²) in [6.07, 6.45) is 0.805. The van der Waals surface area contributed by atoms with Crippen LogP contribution in [0.3, 0.4) is 0 Å². The van der Waals surface area contributed by atoms with E-state index in [0.29, 0.717) is 22.6 Å². The summed E-state index contributed by atoms with van der Waals surface area (Å²) >= 11 is 4.58. The van der Waals surface area contributed by atoms with E-state index in [1.165, 1.54) is 11.8 Å². The van der Waals surface area contributed by atoms with Crippen LogP contribution in [0.5, 0.6) is 0 Å². The predicted molar refractivity (Wildman–Crippen MR) is 88.5 cm³/mol. The molecule has 112 valence electrons. The van der Waals surface area contributed by atoms with Gasteiger partial charge >= 0.3 is 0 Å². The normalized spacial score (nSPS) is 12.5. The van der Waals surface area contributed by atoms with Crippen molar-refractivity contribution in [3.8, 4) is 0 Å². The number of aromatic nitrogens is 2. The highest BCUT2D eigenvalue weighted by Crippen LogP contribution is 2.23. The molecule has 2 rings (SSSR count). The van der Waals surface area contributed by atoms with Gasteiger partial charge in [-0.05, 0) is 31.5 Å². The Morgan fingerprint density at radius 2 is 2.24 bits per heavy atom. The number of benzene rings is 1.